The number of aromatic amines is 1. The first-order valence-electron chi connectivity index (χ1n) is 5.47. The van der Waals surface area contributed by atoms with Gasteiger partial charge in [0.15, 0.2) is 5.16 Å². The summed E-state index contributed by atoms with van der Waals surface area (Å²) < 4.78 is 1.33. The molecule has 8 nitrogen and oxygen atoms in total. The number of rotatable bonds is 4. The molecule has 2 heterocycles. The van der Waals surface area contributed by atoms with E-state index in [1.165, 1.54) is 22.5 Å². The summed E-state index contributed by atoms with van der Waals surface area (Å²) in [5.74, 6) is -0.778. The van der Waals surface area contributed by atoms with E-state index >= 15 is 0 Å². The van der Waals surface area contributed by atoms with Crippen LogP contribution in [0, 0.1) is 0 Å². The summed E-state index contributed by atoms with van der Waals surface area (Å²) in [6.45, 7) is 0. The second kappa shape index (κ2) is 5.70. The van der Waals surface area contributed by atoms with Gasteiger partial charge in [0.1, 0.15) is 5.69 Å². The van der Waals surface area contributed by atoms with Gasteiger partial charge in [-0.25, -0.2) is 9.78 Å². The lowest BCUT2D eigenvalue weighted by molar-refractivity contribution is 0.0690. The fraction of sp³-hybridized carbons (Fsp3) is 0.182. The molecular weight excluding hydrogens is 284 g/mol. The Kier molecular flexibility index (Phi) is 3.99. The van der Waals surface area contributed by atoms with E-state index < -0.39 is 17.1 Å². The van der Waals surface area contributed by atoms with Gasteiger partial charge < -0.3 is 5.11 Å². The van der Waals surface area contributed by atoms with E-state index in [1.807, 2.05) is 0 Å². The molecule has 0 amide bonds. The number of hydrogen-bond acceptors (Lipinski definition) is 6. The number of thioether (sulfide) groups is 1. The average molecular weight is 294 g/mol. The summed E-state index contributed by atoms with van der Waals surface area (Å²) in [5, 5.41) is 11.5. The topological polar surface area (TPSA) is 118 Å². The minimum atomic E-state index is -1.11. The Morgan fingerprint density at radius 1 is 1.40 bits per heavy atom. The Balaban J connectivity index is 2.19. The Morgan fingerprint density at radius 2 is 2.15 bits per heavy atom. The van der Waals surface area contributed by atoms with Crippen molar-refractivity contribution in [2.45, 2.75) is 10.9 Å². The molecule has 0 unspecified atom stereocenters. The van der Waals surface area contributed by atoms with E-state index in [4.69, 9.17) is 5.11 Å². The molecule has 0 fully saturated rings. The molecule has 2 rings (SSSR count). The Hall–Kier alpha value is -2.42. The van der Waals surface area contributed by atoms with Crippen LogP contribution in [0.4, 0.5) is 0 Å². The number of carboxylic acid groups (broad SMARTS) is 1. The quantitative estimate of drug-likeness (QED) is 0.595. The van der Waals surface area contributed by atoms with Crippen LogP contribution >= 0.6 is 11.8 Å². The highest BCUT2D eigenvalue weighted by molar-refractivity contribution is 7.98. The summed E-state index contributed by atoms with van der Waals surface area (Å²) in [4.78, 5) is 40.6. The van der Waals surface area contributed by atoms with E-state index in [0.717, 1.165) is 0 Å². The largest absolute Gasteiger partial charge is 0.477 e. The predicted octanol–water partition coefficient (Wildman–Crippen LogP) is -0.146. The highest BCUT2D eigenvalue weighted by atomic mass is 32.2. The van der Waals surface area contributed by atoms with Crippen LogP contribution in [0.15, 0.2) is 32.9 Å². The number of carboxylic acids is 1. The number of nitrogens with one attached hydrogen (secondary N) is 1. The lowest BCUT2D eigenvalue weighted by Crippen LogP contribution is -2.33. The van der Waals surface area contributed by atoms with E-state index in [2.05, 4.69) is 15.1 Å². The van der Waals surface area contributed by atoms with Gasteiger partial charge in [-0.3, -0.25) is 19.4 Å². The van der Waals surface area contributed by atoms with Crippen LogP contribution in [0.2, 0.25) is 0 Å². The second-order valence-corrected chi connectivity index (χ2v) is 4.75. The fourth-order valence-electron chi connectivity index (χ4n) is 1.41. The van der Waals surface area contributed by atoms with Crippen molar-refractivity contribution in [3.63, 3.8) is 0 Å². The number of hydrogen-bond donors (Lipinski definition) is 2. The second-order valence-electron chi connectivity index (χ2n) is 3.81. The molecule has 0 saturated heterocycles. The van der Waals surface area contributed by atoms with Crippen molar-refractivity contribution in [3.05, 3.63) is 50.3 Å². The smallest absolute Gasteiger partial charge is 0.354 e. The van der Waals surface area contributed by atoms with E-state index in [0.29, 0.717) is 16.6 Å². The molecule has 2 N–H and O–H groups in total. The molecule has 0 aliphatic heterocycles. The van der Waals surface area contributed by atoms with E-state index in [-0.39, 0.29) is 5.69 Å². The Morgan fingerprint density at radius 3 is 2.85 bits per heavy atom. The molecular formula is C11H10N4O4S. The molecule has 0 radical (unpaired) electrons. The standard InChI is InChI=1S/C11H10N4O4S/c1-15-11(13-8(16)9(17)14-15)20-5-6-3-2-4-7(12-6)10(18)19/h2-4H,5H2,1H3,(H,14,17)(H,18,19). The maximum atomic E-state index is 11.2. The number of aromatic carboxylic acids is 1. The van der Waals surface area contributed by atoms with Gasteiger partial charge in [-0.2, -0.15) is 4.98 Å². The third kappa shape index (κ3) is 3.12. The number of aromatic nitrogens is 4. The molecule has 0 spiro atoms. The molecule has 0 aliphatic rings. The number of aryl methyl sites for hydroxylation is 1. The summed E-state index contributed by atoms with van der Waals surface area (Å²) in [7, 11) is 1.55. The van der Waals surface area contributed by atoms with E-state index in [9.17, 15) is 14.4 Å². The number of H-pyrrole nitrogens is 1. The third-order valence-electron chi connectivity index (χ3n) is 2.32. The van der Waals surface area contributed by atoms with Crippen LogP contribution in [0.1, 0.15) is 16.2 Å². The lowest BCUT2D eigenvalue weighted by atomic mass is 10.3. The highest BCUT2D eigenvalue weighted by Crippen LogP contribution is 2.17. The average Bonchev–Trinajstić information content (AvgIpc) is 2.41. The van der Waals surface area contributed by atoms with Gasteiger partial charge in [0.2, 0.25) is 0 Å². The summed E-state index contributed by atoms with van der Waals surface area (Å²) in [5.41, 5.74) is -1.16. The van der Waals surface area contributed by atoms with Gasteiger partial charge in [0.05, 0.1) is 5.69 Å². The molecule has 104 valence electrons. The maximum absolute atomic E-state index is 11.2. The molecule has 20 heavy (non-hydrogen) atoms. The SMILES string of the molecule is Cn1[nH]c(=O)c(=O)nc1SCc1cccc(C(=O)O)n1. The van der Waals surface area contributed by atoms with Gasteiger partial charge >= 0.3 is 17.1 Å². The molecule has 0 saturated carbocycles. The molecule has 0 atom stereocenters. The van der Waals surface area contributed by atoms with Gasteiger partial charge in [-0.1, -0.05) is 17.8 Å². The normalized spacial score (nSPS) is 10.4. The van der Waals surface area contributed by atoms with Crippen LogP contribution < -0.4 is 11.1 Å². The zero-order valence-electron chi connectivity index (χ0n) is 10.4. The number of carbonyl (C=O) groups is 1. The minimum Gasteiger partial charge on any atom is -0.477 e. The van der Waals surface area contributed by atoms with Gasteiger partial charge in [-0.05, 0) is 12.1 Å². The maximum Gasteiger partial charge on any atom is 0.354 e. The first kappa shape index (κ1) is 14.0. The number of pyridine rings is 1. The third-order valence-corrected chi connectivity index (χ3v) is 3.39. The van der Waals surface area contributed by atoms with Crippen LogP contribution in [0.25, 0.3) is 0 Å². The fourth-order valence-corrected chi connectivity index (χ4v) is 2.23. The predicted molar refractivity (Wildman–Crippen MR) is 70.9 cm³/mol. The molecule has 9 heteroatoms. The Labute approximate surface area is 116 Å². The van der Waals surface area contributed by atoms with E-state index in [1.54, 1.807) is 19.2 Å². The summed E-state index contributed by atoms with van der Waals surface area (Å²) in [6, 6.07) is 4.65. The van der Waals surface area contributed by atoms with Gasteiger partial charge in [0.25, 0.3) is 0 Å². The van der Waals surface area contributed by atoms with Crippen LogP contribution in [-0.2, 0) is 12.8 Å². The lowest BCUT2D eigenvalue weighted by Gasteiger charge is -2.05. The van der Waals surface area contributed by atoms with Crippen molar-refractivity contribution < 1.29 is 9.90 Å². The molecule has 0 aromatic carbocycles. The van der Waals surface area contributed by atoms with Crippen molar-refractivity contribution >= 4 is 17.7 Å². The first-order chi connectivity index (χ1) is 9.47. The van der Waals surface area contributed by atoms with Crippen LogP contribution in [0.5, 0.6) is 0 Å². The molecule has 0 bridgehead atoms. The monoisotopic (exact) mass is 294 g/mol. The molecule has 2 aromatic heterocycles. The summed E-state index contributed by atoms with van der Waals surface area (Å²) >= 11 is 1.17. The zero-order chi connectivity index (χ0) is 14.7. The molecule has 2 aromatic rings. The minimum absolute atomic E-state index is 0.0496. The van der Waals surface area contributed by atoms with Crippen molar-refractivity contribution in [2.24, 2.45) is 7.05 Å². The zero-order valence-corrected chi connectivity index (χ0v) is 11.2. The summed E-state index contributed by atoms with van der Waals surface area (Å²) in [6.07, 6.45) is 0. The number of nitrogens with zero attached hydrogens (tertiary/aromatic N) is 3. The molecule has 0 aliphatic carbocycles. The van der Waals surface area contributed by atoms with Crippen LogP contribution in [-0.4, -0.2) is 30.8 Å². The van der Waals surface area contributed by atoms with Crippen molar-refractivity contribution in [1.82, 2.24) is 19.7 Å². The Bertz CT molecular complexity index is 768. The van der Waals surface area contributed by atoms with Crippen molar-refractivity contribution in [1.29, 1.82) is 0 Å². The van der Waals surface area contributed by atoms with Crippen LogP contribution in [0.3, 0.4) is 0 Å². The van der Waals surface area contributed by atoms with Crippen molar-refractivity contribution in [3.8, 4) is 0 Å². The highest BCUT2D eigenvalue weighted by Gasteiger charge is 2.08. The van der Waals surface area contributed by atoms with Gasteiger partial charge in [0, 0.05) is 12.8 Å². The first-order valence-corrected chi connectivity index (χ1v) is 6.45. The van der Waals surface area contributed by atoms with Gasteiger partial charge in [-0.15, -0.1) is 0 Å². The van der Waals surface area contributed by atoms with Crippen molar-refractivity contribution in [2.75, 3.05) is 0 Å².